The molecule has 1 aliphatic heterocycles. The second-order valence-electron chi connectivity index (χ2n) is 5.94. The third-order valence-electron chi connectivity index (χ3n) is 4.37. The fourth-order valence-electron chi connectivity index (χ4n) is 3.05. The van der Waals surface area contributed by atoms with Crippen LogP contribution in [0, 0.1) is 0 Å². The molecule has 1 aromatic carbocycles. The van der Waals surface area contributed by atoms with Gasteiger partial charge in [-0.15, -0.1) is 5.10 Å². The SMILES string of the molecule is c1ccc(-n2nnnc2CNC2CCN(C3CC3)C2)cc1. The van der Waals surface area contributed by atoms with Crippen molar-refractivity contribution in [1.29, 1.82) is 0 Å². The van der Waals surface area contributed by atoms with Crippen LogP contribution in [0.2, 0.25) is 0 Å². The lowest BCUT2D eigenvalue weighted by Gasteiger charge is -2.15. The highest BCUT2D eigenvalue weighted by atomic mass is 15.5. The van der Waals surface area contributed by atoms with Crippen molar-refractivity contribution in [3.05, 3.63) is 36.2 Å². The van der Waals surface area contributed by atoms with Crippen LogP contribution in [0.25, 0.3) is 5.69 Å². The summed E-state index contributed by atoms with van der Waals surface area (Å²) in [6.07, 6.45) is 4.00. The van der Waals surface area contributed by atoms with Gasteiger partial charge in [0.1, 0.15) is 0 Å². The van der Waals surface area contributed by atoms with Crippen LogP contribution in [0.5, 0.6) is 0 Å². The summed E-state index contributed by atoms with van der Waals surface area (Å²) in [4.78, 5) is 2.61. The van der Waals surface area contributed by atoms with Gasteiger partial charge in [-0.3, -0.25) is 4.90 Å². The largest absolute Gasteiger partial charge is 0.306 e. The van der Waals surface area contributed by atoms with Gasteiger partial charge in [-0.1, -0.05) is 18.2 Å². The van der Waals surface area contributed by atoms with E-state index >= 15 is 0 Å². The first-order valence-corrected chi connectivity index (χ1v) is 7.70. The number of nitrogens with zero attached hydrogens (tertiary/aromatic N) is 5. The maximum atomic E-state index is 4.15. The van der Waals surface area contributed by atoms with Crippen LogP contribution in [0.1, 0.15) is 25.1 Å². The van der Waals surface area contributed by atoms with Crippen LogP contribution in [-0.2, 0) is 6.54 Å². The standard InChI is InChI=1S/C15H20N6/c1-2-4-14(5-3-1)21-15(17-18-19-21)10-16-12-8-9-20(11-12)13-6-7-13/h1-5,12-13,16H,6-11H2. The lowest BCUT2D eigenvalue weighted by Crippen LogP contribution is -2.33. The van der Waals surface area contributed by atoms with Crippen LogP contribution in [0.4, 0.5) is 0 Å². The molecule has 6 heteroatoms. The molecule has 2 fully saturated rings. The van der Waals surface area contributed by atoms with E-state index in [0.29, 0.717) is 12.6 Å². The third-order valence-corrected chi connectivity index (χ3v) is 4.37. The molecule has 0 radical (unpaired) electrons. The number of hydrogen-bond donors (Lipinski definition) is 1. The summed E-state index contributed by atoms with van der Waals surface area (Å²) in [6.45, 7) is 3.11. The minimum absolute atomic E-state index is 0.562. The quantitative estimate of drug-likeness (QED) is 0.887. The number of aromatic nitrogens is 4. The molecule has 1 atom stereocenters. The molecule has 6 nitrogen and oxygen atoms in total. The lowest BCUT2D eigenvalue weighted by molar-refractivity contribution is 0.317. The van der Waals surface area contributed by atoms with E-state index in [1.807, 2.05) is 30.3 Å². The molecule has 0 amide bonds. The number of likely N-dealkylation sites (tertiary alicyclic amines) is 1. The lowest BCUT2D eigenvalue weighted by atomic mass is 10.2. The maximum absolute atomic E-state index is 4.15. The Labute approximate surface area is 124 Å². The van der Waals surface area contributed by atoms with E-state index in [4.69, 9.17) is 0 Å². The average Bonchev–Trinajstić information content (AvgIpc) is 3.10. The van der Waals surface area contributed by atoms with E-state index in [9.17, 15) is 0 Å². The Hall–Kier alpha value is -1.79. The zero-order valence-corrected chi connectivity index (χ0v) is 12.0. The van der Waals surface area contributed by atoms with Gasteiger partial charge in [0, 0.05) is 25.2 Å². The van der Waals surface area contributed by atoms with Gasteiger partial charge < -0.3 is 5.32 Å². The third kappa shape index (κ3) is 2.82. The zero-order chi connectivity index (χ0) is 14.1. The first-order valence-electron chi connectivity index (χ1n) is 7.70. The number of rotatable bonds is 5. The molecule has 0 spiro atoms. The van der Waals surface area contributed by atoms with E-state index in [0.717, 1.165) is 24.1 Å². The topological polar surface area (TPSA) is 58.9 Å². The van der Waals surface area contributed by atoms with Gasteiger partial charge in [0.2, 0.25) is 0 Å². The molecule has 4 rings (SSSR count). The molecule has 1 saturated carbocycles. The zero-order valence-electron chi connectivity index (χ0n) is 12.0. The van der Waals surface area contributed by atoms with Gasteiger partial charge in [0.15, 0.2) is 5.82 Å². The summed E-state index contributed by atoms with van der Waals surface area (Å²) in [5.74, 6) is 0.867. The van der Waals surface area contributed by atoms with Crippen molar-refractivity contribution in [3.63, 3.8) is 0 Å². The van der Waals surface area contributed by atoms with Gasteiger partial charge in [-0.05, 0) is 41.8 Å². The van der Waals surface area contributed by atoms with Crippen molar-refractivity contribution in [2.75, 3.05) is 13.1 Å². The second-order valence-corrected chi connectivity index (χ2v) is 5.94. The Bertz CT molecular complexity index is 591. The smallest absolute Gasteiger partial charge is 0.170 e. The van der Waals surface area contributed by atoms with Gasteiger partial charge in [0.25, 0.3) is 0 Å². The van der Waals surface area contributed by atoms with Crippen molar-refractivity contribution >= 4 is 0 Å². The van der Waals surface area contributed by atoms with Gasteiger partial charge in [-0.2, -0.15) is 4.68 Å². The van der Waals surface area contributed by atoms with E-state index in [2.05, 4.69) is 25.7 Å². The predicted molar refractivity (Wildman–Crippen MR) is 79.0 cm³/mol. The molecule has 21 heavy (non-hydrogen) atoms. The van der Waals surface area contributed by atoms with Crippen LogP contribution in [-0.4, -0.2) is 50.3 Å². The maximum Gasteiger partial charge on any atom is 0.170 e. The summed E-state index contributed by atoms with van der Waals surface area (Å²) in [6, 6.07) is 11.5. The molecule has 1 N–H and O–H groups in total. The molecule has 2 aromatic rings. The Balaban J connectivity index is 1.38. The van der Waals surface area contributed by atoms with E-state index in [-0.39, 0.29) is 0 Å². The summed E-state index contributed by atoms with van der Waals surface area (Å²) >= 11 is 0. The number of tetrazole rings is 1. The monoisotopic (exact) mass is 284 g/mol. The number of benzene rings is 1. The minimum atomic E-state index is 0.562. The molecule has 1 aromatic heterocycles. The summed E-state index contributed by atoms with van der Waals surface area (Å²) in [5.41, 5.74) is 1.00. The Morgan fingerprint density at radius 1 is 1.14 bits per heavy atom. The second kappa shape index (κ2) is 5.54. The van der Waals surface area contributed by atoms with E-state index < -0.39 is 0 Å². The normalized spacial score (nSPS) is 22.8. The highest BCUT2D eigenvalue weighted by molar-refractivity contribution is 5.30. The Kier molecular flexibility index (Phi) is 3.40. The number of nitrogens with one attached hydrogen (secondary N) is 1. The molecule has 0 bridgehead atoms. The molecule has 2 heterocycles. The highest BCUT2D eigenvalue weighted by Gasteiger charge is 2.34. The molecule has 110 valence electrons. The van der Waals surface area contributed by atoms with Crippen molar-refractivity contribution in [2.45, 2.75) is 37.9 Å². The van der Waals surface area contributed by atoms with Gasteiger partial charge in [-0.25, -0.2) is 0 Å². The Morgan fingerprint density at radius 3 is 2.81 bits per heavy atom. The minimum Gasteiger partial charge on any atom is -0.306 e. The van der Waals surface area contributed by atoms with Crippen LogP contribution >= 0.6 is 0 Å². The summed E-state index contributed by atoms with van der Waals surface area (Å²) in [5, 5.41) is 15.6. The van der Waals surface area contributed by atoms with E-state index in [1.165, 1.54) is 25.8 Å². The van der Waals surface area contributed by atoms with Crippen LogP contribution < -0.4 is 5.32 Å². The van der Waals surface area contributed by atoms with Crippen molar-refractivity contribution in [1.82, 2.24) is 30.4 Å². The Morgan fingerprint density at radius 2 is 2.00 bits per heavy atom. The fraction of sp³-hybridized carbons (Fsp3) is 0.533. The molecule has 1 aliphatic carbocycles. The average molecular weight is 284 g/mol. The van der Waals surface area contributed by atoms with E-state index in [1.54, 1.807) is 4.68 Å². The summed E-state index contributed by atoms with van der Waals surface area (Å²) in [7, 11) is 0. The predicted octanol–water partition coefficient (Wildman–Crippen LogP) is 0.989. The highest BCUT2D eigenvalue weighted by Crippen LogP contribution is 2.29. The number of para-hydroxylation sites is 1. The van der Waals surface area contributed by atoms with Gasteiger partial charge >= 0.3 is 0 Å². The fourth-order valence-corrected chi connectivity index (χ4v) is 3.05. The first-order chi connectivity index (χ1) is 10.4. The molecule has 1 saturated heterocycles. The van der Waals surface area contributed by atoms with Crippen LogP contribution in [0.3, 0.4) is 0 Å². The van der Waals surface area contributed by atoms with Crippen molar-refractivity contribution in [2.24, 2.45) is 0 Å². The first kappa shape index (κ1) is 12.9. The molecule has 1 unspecified atom stereocenters. The van der Waals surface area contributed by atoms with Crippen molar-refractivity contribution < 1.29 is 0 Å². The van der Waals surface area contributed by atoms with Crippen LogP contribution in [0.15, 0.2) is 30.3 Å². The summed E-state index contributed by atoms with van der Waals surface area (Å²) < 4.78 is 1.81. The molecular formula is C15H20N6. The molecular weight excluding hydrogens is 264 g/mol. The number of hydrogen-bond acceptors (Lipinski definition) is 5. The van der Waals surface area contributed by atoms with Crippen molar-refractivity contribution in [3.8, 4) is 5.69 Å². The van der Waals surface area contributed by atoms with Gasteiger partial charge in [0.05, 0.1) is 12.2 Å². The molecule has 2 aliphatic rings.